The Morgan fingerprint density at radius 2 is 1.84 bits per heavy atom. The van der Waals surface area contributed by atoms with E-state index in [2.05, 4.69) is 57.8 Å². The molecule has 0 amide bonds. The van der Waals surface area contributed by atoms with E-state index in [0.717, 1.165) is 16.6 Å². The number of hydrogen-bond acceptors (Lipinski definition) is 1. The molecule has 108 valence electrons. The van der Waals surface area contributed by atoms with Gasteiger partial charge >= 0.3 is 0 Å². The highest BCUT2D eigenvalue weighted by atomic mass is 79.9. The van der Waals surface area contributed by atoms with E-state index in [1.807, 2.05) is 0 Å². The van der Waals surface area contributed by atoms with Crippen LogP contribution in [0.25, 0.3) is 0 Å². The van der Waals surface area contributed by atoms with Crippen LogP contribution in [0.3, 0.4) is 0 Å². The average Bonchev–Trinajstić information content (AvgIpc) is 2.40. The second-order valence-electron chi connectivity index (χ2n) is 5.01. The smallest absolute Gasteiger partial charge is 0.123 e. The number of benzene rings is 1. The monoisotopic (exact) mass is 390 g/mol. The van der Waals surface area contributed by atoms with Crippen LogP contribution in [0.4, 0.5) is 0 Å². The Bertz CT molecular complexity index is 391. The van der Waals surface area contributed by atoms with Crippen LogP contribution >= 0.6 is 31.9 Å². The van der Waals surface area contributed by atoms with E-state index in [1.165, 1.54) is 43.2 Å². The van der Waals surface area contributed by atoms with Gasteiger partial charge in [0.1, 0.15) is 5.75 Å². The third kappa shape index (κ3) is 5.47. The number of ether oxygens (including phenoxy) is 1. The van der Waals surface area contributed by atoms with E-state index in [0.29, 0.717) is 4.83 Å². The second-order valence-corrected chi connectivity index (χ2v) is 6.97. The Morgan fingerprint density at radius 3 is 2.47 bits per heavy atom. The predicted octanol–water partition coefficient (Wildman–Crippen LogP) is 6.56. The van der Waals surface area contributed by atoms with E-state index < -0.39 is 0 Å². The lowest BCUT2D eigenvalue weighted by Gasteiger charge is -2.16. The van der Waals surface area contributed by atoms with Gasteiger partial charge in [0.25, 0.3) is 0 Å². The van der Waals surface area contributed by atoms with Crippen LogP contribution < -0.4 is 4.74 Å². The molecule has 1 unspecified atom stereocenters. The van der Waals surface area contributed by atoms with Gasteiger partial charge in [-0.15, -0.1) is 0 Å². The van der Waals surface area contributed by atoms with Crippen molar-refractivity contribution in [1.82, 2.24) is 0 Å². The van der Waals surface area contributed by atoms with Crippen LogP contribution in [0.15, 0.2) is 16.6 Å². The number of alkyl halides is 1. The van der Waals surface area contributed by atoms with Crippen LogP contribution in [0.2, 0.25) is 0 Å². The lowest BCUT2D eigenvalue weighted by molar-refractivity contribution is 0.408. The molecule has 0 fully saturated rings. The Balaban J connectivity index is 2.60. The molecule has 19 heavy (non-hydrogen) atoms. The van der Waals surface area contributed by atoms with Gasteiger partial charge in [-0.05, 0) is 31.0 Å². The SMILES string of the molecule is CCCCCCCC(Br)c1cc(Br)c(C)cc1OC. The van der Waals surface area contributed by atoms with Crippen LogP contribution in [-0.4, -0.2) is 7.11 Å². The average molecular weight is 392 g/mol. The van der Waals surface area contributed by atoms with Gasteiger partial charge in [0.2, 0.25) is 0 Å². The molecule has 1 atom stereocenters. The molecule has 0 radical (unpaired) electrons. The summed E-state index contributed by atoms with van der Waals surface area (Å²) in [6.07, 6.45) is 7.76. The summed E-state index contributed by atoms with van der Waals surface area (Å²) in [4.78, 5) is 0.376. The van der Waals surface area contributed by atoms with Crippen molar-refractivity contribution in [3.63, 3.8) is 0 Å². The standard InChI is InChI=1S/C16H24Br2O/c1-4-5-6-7-8-9-14(17)13-11-15(18)12(2)10-16(13)19-3/h10-11,14H,4-9H2,1-3H3. The molecule has 0 aliphatic heterocycles. The van der Waals surface area contributed by atoms with Crippen LogP contribution in [0.5, 0.6) is 5.75 Å². The maximum Gasteiger partial charge on any atom is 0.123 e. The summed E-state index contributed by atoms with van der Waals surface area (Å²) in [6, 6.07) is 4.28. The van der Waals surface area contributed by atoms with Crippen molar-refractivity contribution in [2.45, 2.75) is 57.2 Å². The molecule has 0 bridgehead atoms. The van der Waals surface area contributed by atoms with Gasteiger partial charge in [-0.25, -0.2) is 0 Å². The van der Waals surface area contributed by atoms with E-state index in [4.69, 9.17) is 4.74 Å². The van der Waals surface area contributed by atoms with Gasteiger partial charge in [0, 0.05) is 14.9 Å². The summed E-state index contributed by atoms with van der Waals surface area (Å²) in [7, 11) is 1.74. The highest BCUT2D eigenvalue weighted by Gasteiger charge is 2.14. The molecular weight excluding hydrogens is 368 g/mol. The largest absolute Gasteiger partial charge is 0.496 e. The third-order valence-electron chi connectivity index (χ3n) is 3.41. The first kappa shape index (κ1) is 17.0. The molecule has 0 heterocycles. The summed E-state index contributed by atoms with van der Waals surface area (Å²) in [5.41, 5.74) is 2.46. The van der Waals surface area contributed by atoms with Crippen LogP contribution in [0.1, 0.15) is 61.4 Å². The van der Waals surface area contributed by atoms with Crippen molar-refractivity contribution in [3.8, 4) is 5.75 Å². The molecule has 0 N–H and O–H groups in total. The van der Waals surface area contributed by atoms with Gasteiger partial charge in [-0.1, -0.05) is 70.9 Å². The fraction of sp³-hybridized carbons (Fsp3) is 0.625. The maximum absolute atomic E-state index is 5.50. The van der Waals surface area contributed by atoms with Crippen LogP contribution in [0, 0.1) is 6.92 Å². The zero-order valence-corrected chi connectivity index (χ0v) is 15.3. The molecule has 0 saturated carbocycles. The minimum Gasteiger partial charge on any atom is -0.496 e. The molecule has 1 rings (SSSR count). The normalized spacial score (nSPS) is 12.5. The fourth-order valence-electron chi connectivity index (χ4n) is 2.17. The summed E-state index contributed by atoms with van der Waals surface area (Å²) in [6.45, 7) is 4.34. The molecule has 0 spiro atoms. The summed E-state index contributed by atoms with van der Waals surface area (Å²) >= 11 is 7.41. The number of methoxy groups -OCH3 is 1. The minimum absolute atomic E-state index is 0.376. The van der Waals surface area contributed by atoms with Gasteiger partial charge in [0.05, 0.1) is 7.11 Å². The highest BCUT2D eigenvalue weighted by molar-refractivity contribution is 9.10. The van der Waals surface area contributed by atoms with Crippen molar-refractivity contribution < 1.29 is 4.74 Å². The lowest BCUT2D eigenvalue weighted by atomic mass is 10.0. The Kier molecular flexibility index (Phi) is 8.08. The number of rotatable bonds is 8. The van der Waals surface area contributed by atoms with Gasteiger partial charge in [-0.3, -0.25) is 0 Å². The zero-order chi connectivity index (χ0) is 14.3. The van der Waals surface area contributed by atoms with Crippen LogP contribution in [-0.2, 0) is 0 Å². The number of aryl methyl sites for hydroxylation is 1. The molecule has 1 aromatic carbocycles. The predicted molar refractivity (Wildman–Crippen MR) is 90.5 cm³/mol. The molecular formula is C16H24Br2O. The quantitative estimate of drug-likeness (QED) is 0.360. The lowest BCUT2D eigenvalue weighted by Crippen LogP contribution is -1.97. The molecule has 1 nitrogen and oxygen atoms in total. The van der Waals surface area contributed by atoms with E-state index >= 15 is 0 Å². The van der Waals surface area contributed by atoms with E-state index in [1.54, 1.807) is 7.11 Å². The summed E-state index contributed by atoms with van der Waals surface area (Å²) in [5, 5.41) is 0. The topological polar surface area (TPSA) is 9.23 Å². The third-order valence-corrected chi connectivity index (χ3v) is 5.21. The van der Waals surface area contributed by atoms with Crippen molar-refractivity contribution in [1.29, 1.82) is 0 Å². The maximum atomic E-state index is 5.50. The molecule has 0 aliphatic carbocycles. The summed E-state index contributed by atoms with van der Waals surface area (Å²) in [5.74, 6) is 0.983. The Morgan fingerprint density at radius 1 is 1.16 bits per heavy atom. The van der Waals surface area contributed by atoms with E-state index in [-0.39, 0.29) is 0 Å². The Hall–Kier alpha value is -0.0200. The minimum atomic E-state index is 0.376. The fourth-order valence-corrected chi connectivity index (χ4v) is 3.22. The zero-order valence-electron chi connectivity index (χ0n) is 12.1. The molecule has 3 heteroatoms. The van der Waals surface area contributed by atoms with E-state index in [9.17, 15) is 0 Å². The number of hydrogen-bond donors (Lipinski definition) is 0. The highest BCUT2D eigenvalue weighted by Crippen LogP contribution is 2.38. The van der Waals surface area contributed by atoms with Crippen molar-refractivity contribution in [2.75, 3.05) is 7.11 Å². The first-order chi connectivity index (χ1) is 9.10. The Labute approximate surface area is 134 Å². The molecule has 0 saturated heterocycles. The van der Waals surface area contributed by atoms with Gasteiger partial charge in [-0.2, -0.15) is 0 Å². The van der Waals surface area contributed by atoms with Crippen molar-refractivity contribution in [3.05, 3.63) is 27.7 Å². The van der Waals surface area contributed by atoms with Gasteiger partial charge < -0.3 is 4.74 Å². The first-order valence-corrected chi connectivity index (χ1v) is 8.79. The number of halogens is 2. The molecule has 0 aromatic heterocycles. The first-order valence-electron chi connectivity index (χ1n) is 7.08. The summed E-state index contributed by atoms with van der Waals surface area (Å²) < 4.78 is 6.65. The number of unbranched alkanes of at least 4 members (excludes halogenated alkanes) is 4. The molecule has 0 aliphatic rings. The second kappa shape index (κ2) is 9.02. The van der Waals surface area contributed by atoms with Gasteiger partial charge in [0.15, 0.2) is 0 Å². The molecule has 1 aromatic rings. The van der Waals surface area contributed by atoms with Crippen molar-refractivity contribution in [2.24, 2.45) is 0 Å². The van der Waals surface area contributed by atoms with Crippen molar-refractivity contribution >= 4 is 31.9 Å².